The third kappa shape index (κ3) is 3.22. The van der Waals surface area contributed by atoms with Crippen LogP contribution < -0.4 is 0 Å². The largest absolute Gasteiger partial charge is 0.507 e. The molecule has 122 valence electrons. The van der Waals surface area contributed by atoms with Crippen LogP contribution in [0.25, 0.3) is 0 Å². The molecule has 0 radical (unpaired) electrons. The zero-order valence-electron chi connectivity index (χ0n) is 12.7. The minimum absolute atomic E-state index is 0.168. The topological polar surface area (TPSA) is 121 Å². The van der Waals surface area contributed by atoms with Crippen LogP contribution >= 0.6 is 0 Å². The molecule has 1 aliphatic rings. The second-order valence-corrected chi connectivity index (χ2v) is 5.51. The molecular formula is C17H19O6+. The fourth-order valence-electron chi connectivity index (χ4n) is 2.38. The Morgan fingerprint density at radius 3 is 2.39 bits per heavy atom. The molecule has 0 saturated carbocycles. The smallest absolute Gasteiger partial charge is 0.220 e. The minimum Gasteiger partial charge on any atom is -0.507 e. The van der Waals surface area contributed by atoms with Crippen molar-refractivity contribution < 1.29 is 30.3 Å². The molecule has 0 bridgehead atoms. The lowest BCUT2D eigenvalue weighted by molar-refractivity contribution is -0.113. The monoisotopic (exact) mass is 319 g/mol. The van der Waals surface area contributed by atoms with Crippen molar-refractivity contribution in [3.05, 3.63) is 52.8 Å². The summed E-state index contributed by atoms with van der Waals surface area (Å²) < 4.78 is 0. The Bertz CT molecular complexity index is 742. The van der Waals surface area contributed by atoms with Crippen LogP contribution in [0.1, 0.15) is 24.0 Å². The maximum absolute atomic E-state index is 11.2. The van der Waals surface area contributed by atoms with Gasteiger partial charge in [0.2, 0.25) is 5.78 Å². The van der Waals surface area contributed by atoms with E-state index in [4.69, 9.17) is 5.11 Å². The van der Waals surface area contributed by atoms with E-state index in [1.807, 2.05) is 0 Å². The highest BCUT2D eigenvalue weighted by Gasteiger charge is 2.27. The van der Waals surface area contributed by atoms with Crippen molar-refractivity contribution in [2.75, 3.05) is 0 Å². The number of benzene rings is 1. The average molecular weight is 319 g/mol. The summed E-state index contributed by atoms with van der Waals surface area (Å²) in [5.41, 5.74) is 0.884. The summed E-state index contributed by atoms with van der Waals surface area (Å²) in [6.45, 7) is 3.16. The molecule has 0 amide bonds. The van der Waals surface area contributed by atoms with Crippen molar-refractivity contribution in [2.24, 2.45) is 0 Å². The molecule has 2 rings (SSSR count). The van der Waals surface area contributed by atoms with Gasteiger partial charge in [-0.1, -0.05) is 13.0 Å². The number of aromatic hydroxyl groups is 3. The summed E-state index contributed by atoms with van der Waals surface area (Å²) in [5.74, 6) is -2.24. The fourth-order valence-corrected chi connectivity index (χ4v) is 2.38. The van der Waals surface area contributed by atoms with Crippen molar-refractivity contribution >= 4 is 5.78 Å². The highest BCUT2D eigenvalue weighted by Crippen LogP contribution is 2.42. The molecular weight excluding hydrogens is 300 g/mol. The molecule has 2 atom stereocenters. The van der Waals surface area contributed by atoms with E-state index in [1.54, 1.807) is 6.92 Å². The Morgan fingerprint density at radius 1 is 1.13 bits per heavy atom. The van der Waals surface area contributed by atoms with E-state index in [0.717, 1.165) is 6.07 Å². The number of hydrogen-bond donors (Lipinski definition) is 4. The summed E-state index contributed by atoms with van der Waals surface area (Å²) >= 11 is 0. The van der Waals surface area contributed by atoms with Crippen LogP contribution in [-0.4, -0.2) is 37.4 Å². The van der Waals surface area contributed by atoms with Crippen LogP contribution in [0.5, 0.6) is 17.2 Å². The number of hydrogen-bond acceptors (Lipinski definition) is 5. The molecule has 0 fully saturated rings. The zero-order chi connectivity index (χ0) is 17.3. The Hall–Kier alpha value is -2.73. The second-order valence-electron chi connectivity index (χ2n) is 5.51. The first kappa shape index (κ1) is 16.6. The van der Waals surface area contributed by atoms with Crippen LogP contribution in [0.4, 0.5) is 0 Å². The molecule has 1 aliphatic carbocycles. The van der Waals surface area contributed by atoms with E-state index in [1.165, 1.54) is 31.2 Å². The first-order valence-corrected chi connectivity index (χ1v) is 7.02. The Labute approximate surface area is 133 Å². The van der Waals surface area contributed by atoms with Gasteiger partial charge in [-0.3, -0.25) is 4.79 Å². The van der Waals surface area contributed by atoms with Gasteiger partial charge in [0.25, 0.3) is 0 Å². The summed E-state index contributed by atoms with van der Waals surface area (Å²) in [5, 5.41) is 47.3. The lowest BCUT2D eigenvalue weighted by Crippen LogP contribution is -2.15. The number of carbonyl (C=O) groups is 1. The number of allylic oxidation sites excluding steroid dienone is 4. The maximum Gasteiger partial charge on any atom is 0.220 e. The van der Waals surface area contributed by atoms with Crippen LogP contribution in [0.2, 0.25) is 0 Å². The molecule has 1 aromatic carbocycles. The number of rotatable bonds is 3. The lowest BCUT2D eigenvalue weighted by Gasteiger charge is -2.18. The van der Waals surface area contributed by atoms with Gasteiger partial charge in [0.15, 0.2) is 11.9 Å². The van der Waals surface area contributed by atoms with Crippen molar-refractivity contribution in [1.29, 1.82) is 0 Å². The molecule has 6 N–H and O–H groups in total. The average Bonchev–Trinajstić information content (AvgIpc) is 2.48. The predicted octanol–water partition coefficient (Wildman–Crippen LogP) is 1.82. The van der Waals surface area contributed by atoms with Gasteiger partial charge in [-0.25, -0.2) is 0 Å². The molecule has 0 spiro atoms. The third-order valence-corrected chi connectivity index (χ3v) is 3.89. The van der Waals surface area contributed by atoms with E-state index < -0.39 is 23.6 Å². The van der Waals surface area contributed by atoms with Gasteiger partial charge in [0.1, 0.15) is 17.2 Å². The zero-order valence-corrected chi connectivity index (χ0v) is 12.7. The molecule has 6 heteroatoms. The SMILES string of the molecule is Cc1c(O)cc(O)c(C(C)C([OH2+])C=C2C=CC(=O)C(O)=C2)c1O. The Balaban J connectivity index is 2.35. The van der Waals surface area contributed by atoms with Crippen molar-refractivity contribution in [3.8, 4) is 17.2 Å². The third-order valence-electron chi connectivity index (χ3n) is 3.89. The molecule has 1 aromatic rings. The molecule has 23 heavy (non-hydrogen) atoms. The number of aliphatic hydroxyl groups excluding tert-OH is 1. The van der Waals surface area contributed by atoms with Crippen molar-refractivity contribution in [3.63, 3.8) is 0 Å². The normalized spacial score (nSPS) is 18.8. The van der Waals surface area contributed by atoms with E-state index in [2.05, 4.69) is 0 Å². The summed E-state index contributed by atoms with van der Waals surface area (Å²) in [6, 6.07) is 1.13. The highest BCUT2D eigenvalue weighted by molar-refractivity contribution is 6.04. The fraction of sp³-hybridized carbons (Fsp3) is 0.235. The standard InChI is InChI=1S/C17H18O6/c1-8(16-15(22)7-13(20)9(2)17(16)23)12(19)5-10-3-4-11(18)14(21)6-10/h3-8,12,19-23H,1-2H3/p+1. The lowest BCUT2D eigenvalue weighted by atomic mass is 9.90. The van der Waals surface area contributed by atoms with Gasteiger partial charge in [-0.05, 0) is 24.6 Å². The summed E-state index contributed by atoms with van der Waals surface area (Å²) in [7, 11) is 0. The number of ketones is 1. The molecule has 6 nitrogen and oxygen atoms in total. The Morgan fingerprint density at radius 2 is 1.78 bits per heavy atom. The molecule has 0 aliphatic heterocycles. The van der Waals surface area contributed by atoms with Gasteiger partial charge in [0.05, 0.1) is 5.92 Å². The van der Waals surface area contributed by atoms with E-state index in [0.29, 0.717) is 5.57 Å². The number of phenolic OH excluding ortho intramolecular Hbond substituents is 3. The van der Waals surface area contributed by atoms with E-state index in [-0.39, 0.29) is 28.4 Å². The van der Waals surface area contributed by atoms with Crippen LogP contribution in [-0.2, 0) is 4.79 Å². The predicted molar refractivity (Wildman–Crippen MR) is 84.9 cm³/mol. The molecule has 0 aromatic heterocycles. The summed E-state index contributed by atoms with van der Waals surface area (Å²) in [4.78, 5) is 11.2. The molecule has 0 heterocycles. The van der Waals surface area contributed by atoms with E-state index >= 15 is 0 Å². The number of carbonyl (C=O) groups excluding carboxylic acids is 1. The van der Waals surface area contributed by atoms with Crippen molar-refractivity contribution in [2.45, 2.75) is 25.9 Å². The summed E-state index contributed by atoms with van der Waals surface area (Å²) in [6.07, 6.45) is 4.60. The molecule has 0 saturated heterocycles. The first-order valence-electron chi connectivity index (χ1n) is 7.02. The van der Waals surface area contributed by atoms with E-state index in [9.17, 15) is 25.2 Å². The van der Waals surface area contributed by atoms with Gasteiger partial charge >= 0.3 is 0 Å². The number of phenols is 3. The maximum atomic E-state index is 11.2. The molecule has 2 unspecified atom stereocenters. The van der Waals surface area contributed by atoms with Crippen LogP contribution in [0.15, 0.2) is 41.7 Å². The van der Waals surface area contributed by atoms with Gasteiger partial charge in [-0.2, -0.15) is 0 Å². The minimum atomic E-state index is -0.854. The van der Waals surface area contributed by atoms with Gasteiger partial charge in [-0.15, -0.1) is 0 Å². The van der Waals surface area contributed by atoms with Crippen molar-refractivity contribution in [1.82, 2.24) is 0 Å². The second kappa shape index (κ2) is 6.18. The van der Waals surface area contributed by atoms with Crippen LogP contribution in [0.3, 0.4) is 0 Å². The van der Waals surface area contributed by atoms with Gasteiger partial charge < -0.3 is 25.5 Å². The highest BCUT2D eigenvalue weighted by atomic mass is 16.3. The first-order chi connectivity index (χ1) is 10.7. The Kier molecular flexibility index (Phi) is 4.47. The number of aliphatic hydroxyl groups is 1. The quantitative estimate of drug-likeness (QED) is 0.633. The van der Waals surface area contributed by atoms with Gasteiger partial charge in [0, 0.05) is 23.3 Å². The van der Waals surface area contributed by atoms with Crippen LogP contribution in [0, 0.1) is 6.92 Å².